The summed E-state index contributed by atoms with van der Waals surface area (Å²) in [5.41, 5.74) is 1.02. The summed E-state index contributed by atoms with van der Waals surface area (Å²) in [4.78, 5) is 11.0. The lowest BCUT2D eigenvalue weighted by atomic mass is 10.2. The summed E-state index contributed by atoms with van der Waals surface area (Å²) in [6, 6.07) is 0. The fourth-order valence-corrected chi connectivity index (χ4v) is 2.11. The molecule has 1 aromatic heterocycles. The van der Waals surface area contributed by atoms with Crippen LogP contribution in [0.5, 0.6) is 0 Å². The third-order valence-electron chi connectivity index (χ3n) is 3.39. The zero-order valence-corrected chi connectivity index (χ0v) is 9.09. The quantitative estimate of drug-likeness (QED) is 0.820. The summed E-state index contributed by atoms with van der Waals surface area (Å²) >= 11 is 0. The molecule has 2 fully saturated rings. The monoisotopic (exact) mass is 221 g/mol. The van der Waals surface area contributed by atoms with Gasteiger partial charge in [0.2, 0.25) is 0 Å². The van der Waals surface area contributed by atoms with Gasteiger partial charge in [0.25, 0.3) is 0 Å². The molecule has 2 aliphatic carbocycles. The van der Waals surface area contributed by atoms with Crippen LogP contribution in [0.25, 0.3) is 0 Å². The number of nitrogens with zero attached hydrogens (tertiary/aromatic N) is 3. The van der Waals surface area contributed by atoms with Gasteiger partial charge < -0.3 is 5.11 Å². The molecule has 0 radical (unpaired) electrons. The number of aromatic carboxylic acids is 1. The number of carboxylic acids is 1. The molecule has 2 saturated carbocycles. The van der Waals surface area contributed by atoms with Gasteiger partial charge in [-0.3, -0.25) is 0 Å². The van der Waals surface area contributed by atoms with Crippen molar-refractivity contribution in [3.63, 3.8) is 0 Å². The standard InChI is InChI=1S/C11H15N3O2/c15-11(16)9-10(8-3-4-8)14(13-12-9)6-5-7-1-2-7/h7-8H,1-6H2,(H,15,16). The topological polar surface area (TPSA) is 68.0 Å². The van der Waals surface area contributed by atoms with Crippen LogP contribution in [0.4, 0.5) is 0 Å². The molecule has 0 unspecified atom stereocenters. The molecule has 0 atom stereocenters. The van der Waals surface area contributed by atoms with Crippen molar-refractivity contribution in [2.75, 3.05) is 0 Å². The van der Waals surface area contributed by atoms with Gasteiger partial charge >= 0.3 is 5.97 Å². The fourth-order valence-electron chi connectivity index (χ4n) is 2.11. The van der Waals surface area contributed by atoms with Crippen molar-refractivity contribution in [1.29, 1.82) is 0 Å². The van der Waals surface area contributed by atoms with Crippen LogP contribution in [0.1, 0.15) is 54.2 Å². The molecule has 1 aromatic rings. The first-order valence-electron chi connectivity index (χ1n) is 5.92. The minimum Gasteiger partial charge on any atom is -0.476 e. The van der Waals surface area contributed by atoms with Crippen LogP contribution in [0.2, 0.25) is 0 Å². The van der Waals surface area contributed by atoms with E-state index >= 15 is 0 Å². The summed E-state index contributed by atoms with van der Waals surface area (Å²) in [6.07, 6.45) is 5.91. The van der Waals surface area contributed by atoms with Gasteiger partial charge in [-0.05, 0) is 25.2 Å². The molecule has 3 rings (SSSR count). The van der Waals surface area contributed by atoms with Crippen molar-refractivity contribution >= 4 is 5.97 Å². The van der Waals surface area contributed by atoms with Crippen LogP contribution in [-0.2, 0) is 6.54 Å². The number of rotatable bonds is 5. The smallest absolute Gasteiger partial charge is 0.358 e. The minimum absolute atomic E-state index is 0.165. The third-order valence-corrected chi connectivity index (χ3v) is 3.39. The Balaban J connectivity index is 1.81. The van der Waals surface area contributed by atoms with Crippen molar-refractivity contribution < 1.29 is 9.90 Å². The van der Waals surface area contributed by atoms with E-state index in [1.807, 2.05) is 4.68 Å². The Labute approximate surface area is 93.5 Å². The molecule has 5 heteroatoms. The molecular formula is C11H15N3O2. The molecule has 0 amide bonds. The Kier molecular flexibility index (Phi) is 2.19. The molecule has 2 aliphatic rings. The third kappa shape index (κ3) is 1.81. The van der Waals surface area contributed by atoms with Crippen molar-refractivity contribution in [3.05, 3.63) is 11.4 Å². The molecule has 0 spiro atoms. The molecule has 0 aromatic carbocycles. The van der Waals surface area contributed by atoms with Crippen molar-refractivity contribution in [2.24, 2.45) is 5.92 Å². The van der Waals surface area contributed by atoms with Crippen LogP contribution in [0.15, 0.2) is 0 Å². The predicted octanol–water partition coefficient (Wildman–Crippen LogP) is 1.65. The molecule has 0 saturated heterocycles. The van der Waals surface area contributed by atoms with E-state index in [-0.39, 0.29) is 5.69 Å². The summed E-state index contributed by atoms with van der Waals surface area (Å²) in [7, 11) is 0. The maximum atomic E-state index is 11.0. The van der Waals surface area contributed by atoms with Crippen LogP contribution < -0.4 is 0 Å². The van der Waals surface area contributed by atoms with Gasteiger partial charge in [-0.2, -0.15) is 0 Å². The van der Waals surface area contributed by atoms with Crippen molar-refractivity contribution in [2.45, 2.75) is 44.6 Å². The van der Waals surface area contributed by atoms with E-state index in [1.165, 1.54) is 12.8 Å². The Morgan fingerprint density at radius 2 is 2.12 bits per heavy atom. The molecule has 0 aliphatic heterocycles. The first-order valence-corrected chi connectivity index (χ1v) is 5.92. The lowest BCUT2D eigenvalue weighted by molar-refractivity contribution is 0.0689. The van der Waals surface area contributed by atoms with Crippen LogP contribution in [0, 0.1) is 5.92 Å². The molecule has 5 nitrogen and oxygen atoms in total. The van der Waals surface area contributed by atoms with Gasteiger partial charge in [0.1, 0.15) is 0 Å². The van der Waals surface area contributed by atoms with Gasteiger partial charge in [-0.25, -0.2) is 9.48 Å². The van der Waals surface area contributed by atoms with Crippen LogP contribution in [0.3, 0.4) is 0 Å². The zero-order valence-electron chi connectivity index (χ0n) is 9.09. The van der Waals surface area contributed by atoms with Crippen molar-refractivity contribution in [3.8, 4) is 0 Å². The number of hydrogen-bond donors (Lipinski definition) is 1. The summed E-state index contributed by atoms with van der Waals surface area (Å²) in [6.45, 7) is 0.830. The second-order valence-electron chi connectivity index (χ2n) is 4.86. The van der Waals surface area contributed by atoms with Crippen LogP contribution >= 0.6 is 0 Å². The molecule has 86 valence electrons. The number of carboxylic acid groups (broad SMARTS) is 1. The molecule has 1 heterocycles. The number of carbonyl (C=O) groups is 1. The van der Waals surface area contributed by atoms with Gasteiger partial charge in [-0.15, -0.1) is 5.10 Å². The average molecular weight is 221 g/mol. The maximum absolute atomic E-state index is 11.0. The summed E-state index contributed by atoms with van der Waals surface area (Å²) in [5, 5.41) is 16.8. The Bertz CT molecular complexity index is 419. The number of aromatic nitrogens is 3. The highest BCUT2D eigenvalue weighted by molar-refractivity contribution is 5.86. The Morgan fingerprint density at radius 3 is 2.69 bits per heavy atom. The highest BCUT2D eigenvalue weighted by Gasteiger charge is 2.34. The molecule has 1 N–H and O–H groups in total. The van der Waals surface area contributed by atoms with Crippen molar-refractivity contribution in [1.82, 2.24) is 15.0 Å². The molecular weight excluding hydrogens is 206 g/mol. The largest absolute Gasteiger partial charge is 0.476 e. The van der Waals surface area contributed by atoms with Gasteiger partial charge in [-0.1, -0.05) is 18.1 Å². The number of hydrogen-bond acceptors (Lipinski definition) is 3. The van der Waals surface area contributed by atoms with Gasteiger partial charge in [0, 0.05) is 12.5 Å². The molecule has 16 heavy (non-hydrogen) atoms. The van der Waals surface area contributed by atoms with E-state index in [0.717, 1.165) is 37.4 Å². The highest BCUT2D eigenvalue weighted by atomic mass is 16.4. The Morgan fingerprint density at radius 1 is 1.38 bits per heavy atom. The number of aryl methyl sites for hydroxylation is 1. The SMILES string of the molecule is O=C(O)c1nnn(CCC2CC2)c1C1CC1. The van der Waals surface area contributed by atoms with Crippen LogP contribution in [-0.4, -0.2) is 26.1 Å². The minimum atomic E-state index is -0.945. The Hall–Kier alpha value is -1.39. The summed E-state index contributed by atoms with van der Waals surface area (Å²) < 4.78 is 1.82. The van der Waals surface area contributed by atoms with Gasteiger partial charge in [0.15, 0.2) is 5.69 Å². The predicted molar refractivity (Wildman–Crippen MR) is 56.3 cm³/mol. The normalized spacial score (nSPS) is 20.0. The van der Waals surface area contributed by atoms with E-state index in [2.05, 4.69) is 10.3 Å². The zero-order chi connectivity index (χ0) is 11.1. The first kappa shape index (κ1) is 9.81. The first-order chi connectivity index (χ1) is 7.75. The second-order valence-corrected chi connectivity index (χ2v) is 4.86. The molecule has 0 bridgehead atoms. The summed E-state index contributed by atoms with van der Waals surface area (Å²) in [5.74, 6) is 0.282. The van der Waals surface area contributed by atoms with E-state index in [0.29, 0.717) is 5.92 Å². The second kappa shape index (κ2) is 3.57. The van der Waals surface area contributed by atoms with E-state index in [4.69, 9.17) is 5.11 Å². The fraction of sp³-hybridized carbons (Fsp3) is 0.727. The highest BCUT2D eigenvalue weighted by Crippen LogP contribution is 2.41. The van der Waals surface area contributed by atoms with E-state index in [1.54, 1.807) is 0 Å². The maximum Gasteiger partial charge on any atom is 0.358 e. The lowest BCUT2D eigenvalue weighted by Gasteiger charge is -2.04. The lowest BCUT2D eigenvalue weighted by Crippen LogP contribution is -2.08. The van der Waals surface area contributed by atoms with Gasteiger partial charge in [0.05, 0.1) is 5.69 Å². The average Bonchev–Trinajstić information content (AvgIpc) is 3.14. The van der Waals surface area contributed by atoms with E-state index < -0.39 is 5.97 Å². The van der Waals surface area contributed by atoms with E-state index in [9.17, 15) is 4.79 Å².